The van der Waals surface area contributed by atoms with E-state index in [9.17, 15) is 0 Å². The van der Waals surface area contributed by atoms with Crippen LogP contribution in [0.4, 0.5) is 0 Å². The van der Waals surface area contributed by atoms with Gasteiger partial charge in [0.15, 0.2) is 0 Å². The summed E-state index contributed by atoms with van der Waals surface area (Å²) in [5, 5.41) is 2.47. The van der Waals surface area contributed by atoms with Crippen LogP contribution in [0.1, 0.15) is 195 Å². The van der Waals surface area contributed by atoms with E-state index < -0.39 is 7.92 Å². The average Bonchev–Trinajstić information content (AvgIpc) is 2.72. The van der Waals surface area contributed by atoms with Gasteiger partial charge in [-0.3, -0.25) is 0 Å². The summed E-state index contributed by atoms with van der Waals surface area (Å²) < 4.78 is 0. The third-order valence-corrected chi connectivity index (χ3v) is 15.1. The Balaban J connectivity index is 2.55. The first-order valence-corrected chi connectivity index (χ1v) is 19.4. The molecular formula is C42H68P2. The van der Waals surface area contributed by atoms with Crippen molar-refractivity contribution in [3.8, 4) is 0 Å². The quantitative estimate of drug-likeness (QED) is 0.288. The van der Waals surface area contributed by atoms with E-state index in [0.29, 0.717) is 5.40 Å². The fourth-order valence-corrected chi connectivity index (χ4v) is 13.5. The van der Waals surface area contributed by atoms with E-state index >= 15 is 0 Å². The Bertz CT molecular complexity index is 1350. The molecule has 1 heterocycles. The molecule has 44 heavy (non-hydrogen) atoms. The molecule has 246 valence electrons. The van der Waals surface area contributed by atoms with E-state index in [1.165, 1.54) is 19.3 Å². The Morgan fingerprint density at radius 3 is 0.977 bits per heavy atom. The molecular weight excluding hydrogens is 566 g/mol. The van der Waals surface area contributed by atoms with Crippen molar-refractivity contribution in [3.05, 3.63) is 68.8 Å². The summed E-state index contributed by atoms with van der Waals surface area (Å²) in [5.74, 6) is 0. The van der Waals surface area contributed by atoms with Crippen LogP contribution in [0.3, 0.4) is 0 Å². The standard InChI is InChI=1S/C42H68P2/c1-36(2,3)26-22-28(38(7,8)9)32(29(23-26)39(10,11)12)34-43-35(44(34)42(19,20)21)33-30(40(13,14)15)24-27(37(4,5)6)25-31(33)41(16,17)18/h22-25,34H,1-21H3/t34-,44?/m1/s1. The molecule has 0 saturated heterocycles. The van der Waals surface area contributed by atoms with E-state index in [-0.39, 0.29) is 37.6 Å². The molecule has 0 radical (unpaired) electrons. The first-order valence-electron chi connectivity index (χ1n) is 17.0. The van der Waals surface area contributed by atoms with Crippen molar-refractivity contribution in [2.75, 3.05) is 0 Å². The topological polar surface area (TPSA) is 0 Å². The van der Waals surface area contributed by atoms with Gasteiger partial charge in [0.2, 0.25) is 0 Å². The monoisotopic (exact) mass is 634 g/mol. The van der Waals surface area contributed by atoms with Crippen molar-refractivity contribution in [3.63, 3.8) is 0 Å². The van der Waals surface area contributed by atoms with E-state index in [2.05, 4.69) is 170 Å². The predicted molar refractivity (Wildman–Crippen MR) is 206 cm³/mol. The molecule has 0 N–H and O–H groups in total. The van der Waals surface area contributed by atoms with Crippen LogP contribution in [0.2, 0.25) is 0 Å². The average molecular weight is 635 g/mol. The maximum Gasteiger partial charge on any atom is 0.0519 e. The number of rotatable bonds is 2. The Morgan fingerprint density at radius 1 is 0.432 bits per heavy atom. The van der Waals surface area contributed by atoms with Crippen LogP contribution in [0.25, 0.3) is 0 Å². The molecule has 2 aromatic carbocycles. The van der Waals surface area contributed by atoms with Crippen molar-refractivity contribution in [1.29, 1.82) is 0 Å². The van der Waals surface area contributed by atoms with Crippen LogP contribution in [0.15, 0.2) is 24.3 Å². The van der Waals surface area contributed by atoms with Crippen LogP contribution in [0.5, 0.6) is 0 Å². The molecule has 0 spiro atoms. The smallest absolute Gasteiger partial charge is 0.0519 e. The maximum absolute atomic E-state index is 2.59. The third-order valence-electron chi connectivity index (χ3n) is 9.20. The van der Waals surface area contributed by atoms with Gasteiger partial charge in [0, 0.05) is 5.03 Å². The zero-order chi connectivity index (χ0) is 34.4. The molecule has 3 rings (SSSR count). The third kappa shape index (κ3) is 7.60. The second-order valence-corrected chi connectivity index (χ2v) is 25.8. The van der Waals surface area contributed by atoms with Gasteiger partial charge in [-0.25, -0.2) is 0 Å². The zero-order valence-corrected chi connectivity index (χ0v) is 34.6. The van der Waals surface area contributed by atoms with Crippen molar-refractivity contribution in [2.45, 2.75) is 188 Å². The molecule has 0 amide bonds. The molecule has 2 atom stereocenters. The fourth-order valence-electron chi connectivity index (χ4n) is 6.46. The summed E-state index contributed by atoms with van der Waals surface area (Å²) in [5.41, 5.74) is 12.9. The summed E-state index contributed by atoms with van der Waals surface area (Å²) in [7, 11) is 1.07. The predicted octanol–water partition coefficient (Wildman–Crippen LogP) is 13.9. The van der Waals surface area contributed by atoms with Crippen LogP contribution in [-0.4, -0.2) is 10.2 Å². The van der Waals surface area contributed by atoms with Crippen LogP contribution >= 0.6 is 16.1 Å². The first-order chi connectivity index (χ1) is 19.3. The van der Waals surface area contributed by atoms with Gasteiger partial charge in [0.25, 0.3) is 0 Å². The zero-order valence-electron chi connectivity index (χ0n) is 32.8. The molecule has 1 unspecified atom stereocenters. The lowest BCUT2D eigenvalue weighted by Gasteiger charge is -2.49. The minimum absolute atomic E-state index is 0.0601. The largest absolute Gasteiger partial charge is 0.0819 e. The molecule has 0 saturated carbocycles. The maximum atomic E-state index is 2.59. The molecule has 0 aliphatic carbocycles. The van der Waals surface area contributed by atoms with Gasteiger partial charge in [-0.05, 0) is 90.1 Å². The van der Waals surface area contributed by atoms with E-state index in [4.69, 9.17) is 0 Å². The highest BCUT2D eigenvalue weighted by atomic mass is 31.2. The van der Waals surface area contributed by atoms with E-state index in [1.807, 2.05) is 0 Å². The van der Waals surface area contributed by atoms with Crippen LogP contribution in [0, 0.1) is 0 Å². The molecule has 0 fully saturated rings. The Hall–Kier alpha value is -0.960. The highest BCUT2D eigenvalue weighted by Crippen LogP contribution is 2.77. The summed E-state index contributed by atoms with van der Waals surface area (Å²) in [6, 6.07) is 10.3. The van der Waals surface area contributed by atoms with E-state index in [1.54, 1.807) is 38.4 Å². The molecule has 0 aromatic heterocycles. The SMILES string of the molecule is CC(C)(C)c1cc(C(C)(C)C)c(C2=P[C@@H](c3c(C(C)(C)C)cc(C(C)(C)C)cc3C(C)(C)C)P2C(C)(C)C)c(C(C)(C)C)c1. The summed E-state index contributed by atoms with van der Waals surface area (Å²) in [4.78, 5) is 0. The van der Waals surface area contributed by atoms with Crippen LogP contribution < -0.4 is 0 Å². The van der Waals surface area contributed by atoms with Crippen LogP contribution in [-0.2, 0) is 32.5 Å². The van der Waals surface area contributed by atoms with Gasteiger partial charge in [-0.15, -0.1) is 0 Å². The summed E-state index contributed by atoms with van der Waals surface area (Å²) in [6.07, 6.45) is 0. The minimum atomic E-state index is -0.443. The highest BCUT2D eigenvalue weighted by Gasteiger charge is 2.48. The normalized spacial score (nSPS) is 19.5. The molecule has 1 aliphatic heterocycles. The Morgan fingerprint density at radius 2 is 0.727 bits per heavy atom. The second-order valence-electron chi connectivity index (χ2n) is 20.8. The summed E-state index contributed by atoms with van der Waals surface area (Å²) >= 11 is 0. The number of hydrogen-bond donors (Lipinski definition) is 0. The van der Waals surface area contributed by atoms with Gasteiger partial charge in [-0.2, -0.15) is 0 Å². The fraction of sp³-hybridized carbons (Fsp3) is 0.690. The Labute approximate surface area is 277 Å². The lowest BCUT2D eigenvalue weighted by molar-refractivity contribution is 0.541. The first kappa shape index (κ1) is 37.5. The second kappa shape index (κ2) is 11.3. The molecule has 0 nitrogen and oxygen atoms in total. The highest BCUT2D eigenvalue weighted by molar-refractivity contribution is 7.99. The van der Waals surface area contributed by atoms with Crippen molar-refractivity contribution in [1.82, 2.24) is 0 Å². The van der Waals surface area contributed by atoms with E-state index in [0.717, 1.165) is 0 Å². The van der Waals surface area contributed by atoms with Gasteiger partial charge in [-0.1, -0.05) is 178 Å². The lowest BCUT2D eigenvalue weighted by atomic mass is 9.72. The van der Waals surface area contributed by atoms with Gasteiger partial charge in [0.05, 0.1) is 5.40 Å². The van der Waals surface area contributed by atoms with Gasteiger partial charge < -0.3 is 0 Å². The number of hydrogen-bond acceptors (Lipinski definition) is 0. The number of benzene rings is 2. The molecule has 1 aliphatic rings. The molecule has 0 bridgehead atoms. The van der Waals surface area contributed by atoms with Gasteiger partial charge >= 0.3 is 0 Å². The van der Waals surface area contributed by atoms with Crippen molar-refractivity contribution >= 4 is 21.2 Å². The molecule has 2 aromatic rings. The van der Waals surface area contributed by atoms with Crippen molar-refractivity contribution < 1.29 is 0 Å². The summed E-state index contributed by atoms with van der Waals surface area (Å²) in [6.45, 7) is 51.0. The minimum Gasteiger partial charge on any atom is -0.0819 e. The Kier molecular flexibility index (Phi) is 9.66. The molecule has 2 heteroatoms. The van der Waals surface area contributed by atoms with Gasteiger partial charge in [0.1, 0.15) is 0 Å². The lowest BCUT2D eigenvalue weighted by Crippen LogP contribution is -2.33. The van der Waals surface area contributed by atoms with Crippen molar-refractivity contribution in [2.24, 2.45) is 0 Å².